The molecule has 122 valence electrons. The molecule has 0 radical (unpaired) electrons. The van der Waals surface area contributed by atoms with Gasteiger partial charge in [0.05, 0.1) is 11.9 Å². The Balaban J connectivity index is 1.82. The predicted octanol–water partition coefficient (Wildman–Crippen LogP) is 4.02. The van der Waals surface area contributed by atoms with E-state index in [1.165, 1.54) is 5.56 Å². The normalized spacial score (nSPS) is 11.7. The van der Waals surface area contributed by atoms with E-state index in [1.807, 2.05) is 56.3 Å². The molecule has 2 aromatic rings. The molecule has 23 heavy (non-hydrogen) atoms. The quantitative estimate of drug-likeness (QED) is 0.795. The largest absolute Gasteiger partial charge is 0.494 e. The number of hydrogen-bond acceptors (Lipinski definition) is 3. The molecule has 3 nitrogen and oxygen atoms in total. The van der Waals surface area contributed by atoms with Crippen molar-refractivity contribution in [2.75, 3.05) is 6.61 Å². The van der Waals surface area contributed by atoms with Crippen molar-refractivity contribution < 1.29 is 9.53 Å². The molecule has 0 aliphatic heterocycles. The van der Waals surface area contributed by atoms with Gasteiger partial charge in [-0.2, -0.15) is 0 Å². The minimum Gasteiger partial charge on any atom is -0.494 e. The topological polar surface area (TPSA) is 38.3 Å². The van der Waals surface area contributed by atoms with Crippen LogP contribution in [0, 0.1) is 0 Å². The number of rotatable bonds is 8. The van der Waals surface area contributed by atoms with Crippen molar-refractivity contribution >= 4 is 17.7 Å². The highest BCUT2D eigenvalue weighted by molar-refractivity contribution is 7.99. The molecule has 0 saturated carbocycles. The van der Waals surface area contributed by atoms with E-state index in [4.69, 9.17) is 4.74 Å². The Morgan fingerprint density at radius 3 is 2.57 bits per heavy atom. The summed E-state index contributed by atoms with van der Waals surface area (Å²) in [4.78, 5) is 12.2. The summed E-state index contributed by atoms with van der Waals surface area (Å²) < 4.78 is 5.58. The highest BCUT2D eigenvalue weighted by Gasteiger charge is 2.14. The third-order valence-electron chi connectivity index (χ3n) is 3.44. The second-order valence-electron chi connectivity index (χ2n) is 5.20. The van der Waals surface area contributed by atoms with Crippen LogP contribution >= 0.6 is 11.8 Å². The first-order chi connectivity index (χ1) is 11.2. The van der Waals surface area contributed by atoms with Gasteiger partial charge in [0, 0.05) is 17.9 Å². The SMILES string of the molecule is CCOc1ccccc1CNC(=O)[C@@H](C)SCc1ccccc1. The molecule has 0 aliphatic carbocycles. The van der Waals surface area contributed by atoms with Crippen molar-refractivity contribution in [2.45, 2.75) is 31.4 Å². The fraction of sp³-hybridized carbons (Fsp3) is 0.316. The Labute approximate surface area is 142 Å². The molecule has 2 rings (SSSR count). The predicted molar refractivity (Wildman–Crippen MR) is 96.7 cm³/mol. The van der Waals surface area contributed by atoms with E-state index >= 15 is 0 Å². The van der Waals surface area contributed by atoms with Crippen molar-refractivity contribution in [2.24, 2.45) is 0 Å². The standard InChI is InChI=1S/C19H23NO2S/c1-3-22-18-12-8-7-11-17(18)13-20-19(21)15(2)23-14-16-9-5-4-6-10-16/h4-12,15H,3,13-14H2,1-2H3,(H,20,21)/t15-/m1/s1. The first kappa shape index (κ1) is 17.4. The van der Waals surface area contributed by atoms with Gasteiger partial charge in [-0.15, -0.1) is 11.8 Å². The molecule has 4 heteroatoms. The van der Waals surface area contributed by atoms with Gasteiger partial charge in [0.2, 0.25) is 5.91 Å². The number of carbonyl (C=O) groups excluding carboxylic acids is 1. The van der Waals surface area contributed by atoms with Crippen molar-refractivity contribution in [1.82, 2.24) is 5.32 Å². The number of carbonyl (C=O) groups is 1. The monoisotopic (exact) mass is 329 g/mol. The average Bonchev–Trinajstić information content (AvgIpc) is 2.59. The Hall–Kier alpha value is -1.94. The number of amides is 1. The average molecular weight is 329 g/mol. The van der Waals surface area contributed by atoms with Gasteiger partial charge in [0.1, 0.15) is 5.75 Å². The van der Waals surface area contributed by atoms with Crippen molar-refractivity contribution in [3.05, 3.63) is 65.7 Å². The van der Waals surface area contributed by atoms with Crippen molar-refractivity contribution in [3.63, 3.8) is 0 Å². The first-order valence-corrected chi connectivity index (χ1v) is 8.89. The molecule has 0 aliphatic rings. The molecule has 0 aromatic heterocycles. The summed E-state index contributed by atoms with van der Waals surface area (Å²) in [5, 5.41) is 2.91. The van der Waals surface area contributed by atoms with E-state index in [0.29, 0.717) is 13.2 Å². The summed E-state index contributed by atoms with van der Waals surface area (Å²) in [5.74, 6) is 1.72. The van der Waals surface area contributed by atoms with Crippen LogP contribution < -0.4 is 10.1 Å². The van der Waals surface area contributed by atoms with Gasteiger partial charge < -0.3 is 10.1 Å². The van der Waals surface area contributed by atoms with Gasteiger partial charge in [-0.1, -0.05) is 48.5 Å². The van der Waals surface area contributed by atoms with E-state index in [0.717, 1.165) is 17.1 Å². The molecule has 0 spiro atoms. The van der Waals surface area contributed by atoms with E-state index in [-0.39, 0.29) is 11.2 Å². The number of ether oxygens (including phenoxy) is 1. The zero-order valence-electron chi connectivity index (χ0n) is 13.6. The minimum absolute atomic E-state index is 0.0530. The zero-order valence-corrected chi connectivity index (χ0v) is 14.4. The Kier molecular flexibility index (Phi) is 7.01. The lowest BCUT2D eigenvalue weighted by atomic mass is 10.2. The van der Waals surface area contributed by atoms with Crippen LogP contribution in [0.2, 0.25) is 0 Å². The maximum atomic E-state index is 12.2. The van der Waals surface area contributed by atoms with Gasteiger partial charge >= 0.3 is 0 Å². The number of nitrogens with one attached hydrogen (secondary N) is 1. The number of hydrogen-bond donors (Lipinski definition) is 1. The molecule has 0 saturated heterocycles. The van der Waals surface area contributed by atoms with Gasteiger partial charge in [-0.25, -0.2) is 0 Å². The first-order valence-electron chi connectivity index (χ1n) is 7.84. The molecule has 1 N–H and O–H groups in total. The fourth-order valence-corrected chi connectivity index (χ4v) is 3.01. The van der Waals surface area contributed by atoms with Crippen LogP contribution in [0.1, 0.15) is 25.0 Å². The van der Waals surface area contributed by atoms with Gasteiger partial charge in [0.15, 0.2) is 0 Å². The van der Waals surface area contributed by atoms with Crippen LogP contribution in [-0.2, 0) is 17.1 Å². The second-order valence-corrected chi connectivity index (χ2v) is 6.53. The van der Waals surface area contributed by atoms with E-state index in [9.17, 15) is 4.79 Å². The molecular formula is C19H23NO2S. The second kappa shape index (κ2) is 9.26. The van der Waals surface area contributed by atoms with Crippen LogP contribution in [0.4, 0.5) is 0 Å². The van der Waals surface area contributed by atoms with Gasteiger partial charge in [0.25, 0.3) is 0 Å². The van der Waals surface area contributed by atoms with Crippen molar-refractivity contribution in [3.8, 4) is 5.75 Å². The summed E-state index contributed by atoms with van der Waals surface area (Å²) in [6.07, 6.45) is 0. The van der Waals surface area contributed by atoms with Crippen LogP contribution in [0.15, 0.2) is 54.6 Å². The maximum absolute atomic E-state index is 12.2. The highest BCUT2D eigenvalue weighted by atomic mass is 32.2. The molecule has 1 amide bonds. The molecule has 2 aromatic carbocycles. The number of thioether (sulfide) groups is 1. The van der Waals surface area contributed by atoms with E-state index in [1.54, 1.807) is 11.8 Å². The van der Waals surface area contributed by atoms with Crippen LogP contribution in [0.3, 0.4) is 0 Å². The maximum Gasteiger partial charge on any atom is 0.233 e. The summed E-state index contributed by atoms with van der Waals surface area (Å²) in [7, 11) is 0. The number of benzene rings is 2. The molecular weight excluding hydrogens is 306 g/mol. The Morgan fingerprint density at radius 1 is 1.13 bits per heavy atom. The van der Waals surface area contributed by atoms with E-state index < -0.39 is 0 Å². The van der Waals surface area contributed by atoms with Gasteiger partial charge in [-0.05, 0) is 25.5 Å². The summed E-state index contributed by atoms with van der Waals surface area (Å²) in [6, 6.07) is 18.0. The lowest BCUT2D eigenvalue weighted by Gasteiger charge is -2.14. The Bertz CT molecular complexity index is 616. The fourth-order valence-electron chi connectivity index (χ4n) is 2.14. The minimum atomic E-state index is -0.0885. The van der Waals surface area contributed by atoms with Crippen LogP contribution in [-0.4, -0.2) is 17.8 Å². The zero-order chi connectivity index (χ0) is 16.5. The molecule has 0 bridgehead atoms. The Morgan fingerprint density at radius 2 is 1.83 bits per heavy atom. The van der Waals surface area contributed by atoms with Crippen LogP contribution in [0.5, 0.6) is 5.75 Å². The lowest BCUT2D eigenvalue weighted by molar-refractivity contribution is -0.120. The van der Waals surface area contributed by atoms with Crippen LogP contribution in [0.25, 0.3) is 0 Å². The molecule has 0 unspecified atom stereocenters. The third-order valence-corrected chi connectivity index (χ3v) is 4.65. The highest BCUT2D eigenvalue weighted by Crippen LogP contribution is 2.19. The van der Waals surface area contributed by atoms with Gasteiger partial charge in [-0.3, -0.25) is 4.79 Å². The molecule has 0 heterocycles. The summed E-state index contributed by atoms with van der Waals surface area (Å²) in [5.41, 5.74) is 2.24. The van der Waals surface area contributed by atoms with Crippen molar-refractivity contribution in [1.29, 1.82) is 0 Å². The number of para-hydroxylation sites is 1. The smallest absolute Gasteiger partial charge is 0.233 e. The lowest BCUT2D eigenvalue weighted by Crippen LogP contribution is -2.30. The summed E-state index contributed by atoms with van der Waals surface area (Å²) in [6.45, 7) is 5.01. The third kappa shape index (κ3) is 5.64. The molecule has 1 atom stereocenters. The summed E-state index contributed by atoms with van der Waals surface area (Å²) >= 11 is 1.64. The molecule has 0 fully saturated rings. The van der Waals surface area contributed by atoms with E-state index in [2.05, 4.69) is 17.4 Å².